The van der Waals surface area contributed by atoms with Crippen molar-refractivity contribution < 1.29 is 9.47 Å². The molecule has 1 atom stereocenters. The summed E-state index contributed by atoms with van der Waals surface area (Å²) in [7, 11) is 5.71. The van der Waals surface area contributed by atoms with Crippen molar-refractivity contribution in [2.75, 3.05) is 21.2 Å². The van der Waals surface area contributed by atoms with Crippen LogP contribution in [-0.4, -0.2) is 32.3 Å². The van der Waals surface area contributed by atoms with Gasteiger partial charge < -0.3 is 9.47 Å². The monoisotopic (exact) mass is 303 g/mol. The number of hydrogen-bond donors (Lipinski definition) is 0. The lowest BCUT2D eigenvalue weighted by Crippen LogP contribution is -2.31. The molecule has 21 heavy (non-hydrogen) atoms. The van der Waals surface area contributed by atoms with Crippen LogP contribution < -0.4 is 9.47 Å². The number of benzene rings is 2. The Bertz CT molecular complexity index is 670. The van der Waals surface area contributed by atoms with Gasteiger partial charge in [-0.05, 0) is 32.3 Å². The van der Waals surface area contributed by atoms with E-state index in [1.54, 1.807) is 7.11 Å². The second-order valence-corrected chi connectivity index (χ2v) is 5.79. The van der Waals surface area contributed by atoms with Crippen molar-refractivity contribution in [1.82, 2.24) is 4.90 Å². The Morgan fingerprint density at radius 3 is 2.62 bits per heavy atom. The molecule has 1 aliphatic heterocycles. The molecule has 4 heteroatoms. The summed E-state index contributed by atoms with van der Waals surface area (Å²) in [5.74, 6) is 1.73. The maximum absolute atomic E-state index is 6.35. The maximum Gasteiger partial charge on any atom is 0.156 e. The molecule has 3 nitrogen and oxygen atoms in total. The van der Waals surface area contributed by atoms with Crippen LogP contribution in [0.25, 0.3) is 11.1 Å². The first-order chi connectivity index (χ1) is 10.1. The first-order valence-electron chi connectivity index (χ1n) is 6.89. The average Bonchev–Trinajstić information content (AvgIpc) is 2.91. The van der Waals surface area contributed by atoms with E-state index in [0.29, 0.717) is 5.02 Å². The Labute approximate surface area is 130 Å². The van der Waals surface area contributed by atoms with Gasteiger partial charge in [0, 0.05) is 28.1 Å². The third-order valence-corrected chi connectivity index (χ3v) is 4.09. The molecule has 1 unspecified atom stereocenters. The fraction of sp³-hybridized carbons (Fsp3) is 0.294. The van der Waals surface area contributed by atoms with Crippen LogP contribution in [0, 0.1) is 0 Å². The lowest BCUT2D eigenvalue weighted by atomic mass is 10.0. The topological polar surface area (TPSA) is 21.7 Å². The minimum atomic E-state index is 0.0494. The van der Waals surface area contributed by atoms with E-state index < -0.39 is 0 Å². The van der Waals surface area contributed by atoms with Crippen LogP contribution in [0.4, 0.5) is 0 Å². The molecule has 1 heterocycles. The van der Waals surface area contributed by atoms with Crippen molar-refractivity contribution in [2.45, 2.75) is 12.6 Å². The van der Waals surface area contributed by atoms with E-state index >= 15 is 0 Å². The van der Waals surface area contributed by atoms with Crippen molar-refractivity contribution in [1.29, 1.82) is 0 Å². The predicted molar refractivity (Wildman–Crippen MR) is 85.2 cm³/mol. The molecule has 0 bridgehead atoms. The highest BCUT2D eigenvalue weighted by Crippen LogP contribution is 2.44. The second kappa shape index (κ2) is 5.58. The van der Waals surface area contributed by atoms with Gasteiger partial charge in [-0.1, -0.05) is 29.8 Å². The van der Waals surface area contributed by atoms with Gasteiger partial charge in [-0.2, -0.15) is 0 Å². The lowest BCUT2D eigenvalue weighted by Gasteiger charge is -2.19. The zero-order valence-corrected chi connectivity index (χ0v) is 13.1. The molecular weight excluding hydrogens is 286 g/mol. The number of ether oxygens (including phenoxy) is 2. The van der Waals surface area contributed by atoms with Gasteiger partial charge >= 0.3 is 0 Å². The molecule has 0 saturated carbocycles. The highest BCUT2D eigenvalue weighted by molar-refractivity contribution is 6.33. The minimum Gasteiger partial charge on any atom is -0.497 e. The van der Waals surface area contributed by atoms with Crippen LogP contribution in [0.15, 0.2) is 36.4 Å². The van der Waals surface area contributed by atoms with Gasteiger partial charge in [-0.25, -0.2) is 0 Å². The van der Waals surface area contributed by atoms with Crippen molar-refractivity contribution >= 4 is 11.6 Å². The molecule has 0 aliphatic carbocycles. The van der Waals surface area contributed by atoms with Gasteiger partial charge in [0.15, 0.2) is 6.23 Å². The van der Waals surface area contributed by atoms with E-state index in [1.807, 2.05) is 50.5 Å². The van der Waals surface area contributed by atoms with Crippen molar-refractivity contribution in [3.63, 3.8) is 0 Å². The summed E-state index contributed by atoms with van der Waals surface area (Å²) in [6.45, 7) is 0. The lowest BCUT2D eigenvalue weighted by molar-refractivity contribution is 0.0866. The van der Waals surface area contributed by atoms with Gasteiger partial charge in [-0.3, -0.25) is 4.90 Å². The SMILES string of the molecule is COc1cc2c(c(-c3ccccc3Cl)c1)OC(N(C)C)C2. The summed E-state index contributed by atoms with van der Waals surface area (Å²) in [6, 6.07) is 11.8. The number of methoxy groups -OCH3 is 1. The van der Waals surface area contributed by atoms with Gasteiger partial charge in [0.1, 0.15) is 11.5 Å². The second-order valence-electron chi connectivity index (χ2n) is 5.38. The molecule has 0 spiro atoms. The number of hydrogen-bond acceptors (Lipinski definition) is 3. The molecule has 0 fully saturated rings. The molecule has 0 amide bonds. The molecular formula is C17H18ClNO2. The highest BCUT2D eigenvalue weighted by atomic mass is 35.5. The quantitative estimate of drug-likeness (QED) is 0.860. The summed E-state index contributed by atoms with van der Waals surface area (Å²) in [6.07, 6.45) is 0.894. The van der Waals surface area contributed by atoms with E-state index in [-0.39, 0.29) is 6.23 Å². The van der Waals surface area contributed by atoms with Crippen LogP contribution in [0.3, 0.4) is 0 Å². The van der Waals surface area contributed by atoms with E-state index in [0.717, 1.165) is 34.6 Å². The normalized spacial score (nSPS) is 16.7. The third kappa shape index (κ3) is 2.59. The fourth-order valence-electron chi connectivity index (χ4n) is 2.60. The maximum atomic E-state index is 6.35. The molecule has 0 radical (unpaired) electrons. The Hall–Kier alpha value is -1.71. The third-order valence-electron chi connectivity index (χ3n) is 3.76. The minimum absolute atomic E-state index is 0.0494. The molecule has 110 valence electrons. The Morgan fingerprint density at radius 2 is 1.95 bits per heavy atom. The van der Waals surface area contributed by atoms with Crippen molar-refractivity contribution in [3.05, 3.63) is 47.0 Å². The molecule has 3 rings (SSSR count). The van der Waals surface area contributed by atoms with E-state index in [9.17, 15) is 0 Å². The molecule has 2 aromatic carbocycles. The fourth-order valence-corrected chi connectivity index (χ4v) is 2.84. The summed E-state index contributed by atoms with van der Waals surface area (Å²) >= 11 is 6.35. The van der Waals surface area contributed by atoms with E-state index in [1.165, 1.54) is 0 Å². The zero-order chi connectivity index (χ0) is 15.0. The molecule has 0 saturated heterocycles. The predicted octanol–water partition coefficient (Wildman–Crippen LogP) is 3.84. The number of rotatable bonds is 3. The van der Waals surface area contributed by atoms with Gasteiger partial charge in [0.05, 0.1) is 7.11 Å². The van der Waals surface area contributed by atoms with Crippen LogP contribution in [0.5, 0.6) is 11.5 Å². The molecule has 0 N–H and O–H groups in total. The van der Waals surface area contributed by atoms with Crippen LogP contribution >= 0.6 is 11.6 Å². The van der Waals surface area contributed by atoms with Gasteiger partial charge in [0.25, 0.3) is 0 Å². The standard InChI is InChI=1S/C17H18ClNO2/c1-19(2)16-9-11-8-12(20-3)10-14(17(11)21-16)13-6-4-5-7-15(13)18/h4-8,10,16H,9H2,1-3H3. The zero-order valence-electron chi connectivity index (χ0n) is 12.4. The van der Waals surface area contributed by atoms with Crippen molar-refractivity contribution in [2.24, 2.45) is 0 Å². The Balaban J connectivity index is 2.14. The summed E-state index contributed by atoms with van der Waals surface area (Å²) in [4.78, 5) is 2.07. The largest absolute Gasteiger partial charge is 0.497 e. The Morgan fingerprint density at radius 1 is 1.19 bits per heavy atom. The van der Waals surface area contributed by atoms with Gasteiger partial charge in [-0.15, -0.1) is 0 Å². The number of likely N-dealkylation sites (N-methyl/N-ethyl adjacent to an activating group) is 1. The first-order valence-corrected chi connectivity index (χ1v) is 7.27. The van der Waals surface area contributed by atoms with Crippen LogP contribution in [0.1, 0.15) is 5.56 Å². The summed E-state index contributed by atoms with van der Waals surface area (Å²) in [5.41, 5.74) is 3.11. The number of fused-ring (bicyclic) bond motifs is 1. The van der Waals surface area contributed by atoms with E-state index in [2.05, 4.69) is 4.90 Å². The highest BCUT2D eigenvalue weighted by Gasteiger charge is 2.28. The van der Waals surface area contributed by atoms with Crippen molar-refractivity contribution in [3.8, 4) is 22.6 Å². The number of nitrogens with zero attached hydrogens (tertiary/aromatic N) is 1. The first kappa shape index (κ1) is 14.2. The summed E-state index contributed by atoms with van der Waals surface area (Å²) < 4.78 is 11.5. The van der Waals surface area contributed by atoms with Gasteiger partial charge in [0.2, 0.25) is 0 Å². The number of halogens is 1. The molecule has 1 aliphatic rings. The molecule has 2 aromatic rings. The van der Waals surface area contributed by atoms with Crippen LogP contribution in [-0.2, 0) is 6.42 Å². The molecule has 0 aromatic heterocycles. The smallest absolute Gasteiger partial charge is 0.156 e. The Kier molecular flexibility index (Phi) is 3.79. The van der Waals surface area contributed by atoms with Crippen LogP contribution in [0.2, 0.25) is 5.02 Å². The van der Waals surface area contributed by atoms with E-state index in [4.69, 9.17) is 21.1 Å². The average molecular weight is 304 g/mol. The summed E-state index contributed by atoms with van der Waals surface area (Å²) in [5, 5.41) is 0.713.